The molecule has 2 heteroatoms. The van der Waals surface area contributed by atoms with E-state index in [9.17, 15) is 8.78 Å². The van der Waals surface area contributed by atoms with Crippen molar-refractivity contribution in [3.05, 3.63) is 95.1 Å². The first-order chi connectivity index (χ1) is 15.1. The summed E-state index contributed by atoms with van der Waals surface area (Å²) in [6.07, 6.45) is 8.05. The number of hydrogen-bond acceptors (Lipinski definition) is 0. The summed E-state index contributed by atoms with van der Waals surface area (Å²) < 4.78 is 26.3. The minimum atomic E-state index is -0.875. The lowest BCUT2D eigenvalue weighted by atomic mass is 9.77. The molecule has 3 aromatic rings. The quantitative estimate of drug-likeness (QED) is 0.378. The molecule has 3 aromatic carbocycles. The molecule has 1 fully saturated rings. The normalized spacial score (nSPS) is 18.3. The van der Waals surface area contributed by atoms with Crippen LogP contribution in [0.3, 0.4) is 0 Å². The van der Waals surface area contributed by atoms with Gasteiger partial charge in [0.25, 0.3) is 0 Å². The molecule has 0 heterocycles. The lowest BCUT2D eigenvalue weighted by molar-refractivity contribution is 0.308. The van der Waals surface area contributed by atoms with Crippen molar-refractivity contribution in [2.75, 3.05) is 0 Å². The highest BCUT2D eigenvalue weighted by Gasteiger charge is 2.21. The molecule has 1 aliphatic rings. The molecule has 0 aromatic heterocycles. The zero-order chi connectivity index (χ0) is 21.6. The van der Waals surface area contributed by atoms with Crippen molar-refractivity contribution >= 4 is 0 Å². The predicted molar refractivity (Wildman–Crippen MR) is 124 cm³/mol. The molecular formula is C29H28F2. The van der Waals surface area contributed by atoms with Crippen LogP contribution in [0.5, 0.6) is 0 Å². The third-order valence-corrected chi connectivity index (χ3v) is 6.41. The van der Waals surface area contributed by atoms with Gasteiger partial charge in [-0.1, -0.05) is 68.0 Å². The van der Waals surface area contributed by atoms with Gasteiger partial charge in [-0.3, -0.25) is 0 Å². The molecule has 0 aliphatic heterocycles. The van der Waals surface area contributed by atoms with Gasteiger partial charge in [0.1, 0.15) is 0 Å². The fourth-order valence-corrected chi connectivity index (χ4v) is 4.60. The van der Waals surface area contributed by atoms with Crippen LogP contribution in [0.15, 0.2) is 66.7 Å². The van der Waals surface area contributed by atoms with Gasteiger partial charge in [0.05, 0.1) is 0 Å². The molecule has 0 amide bonds. The van der Waals surface area contributed by atoms with E-state index in [1.54, 1.807) is 0 Å². The molecule has 0 atom stereocenters. The maximum Gasteiger partial charge on any atom is 0.160 e. The van der Waals surface area contributed by atoms with Crippen LogP contribution >= 0.6 is 0 Å². The van der Waals surface area contributed by atoms with Crippen LogP contribution in [-0.2, 0) is 0 Å². The zero-order valence-corrected chi connectivity index (χ0v) is 18.0. The van der Waals surface area contributed by atoms with Gasteiger partial charge in [0.15, 0.2) is 11.6 Å². The van der Waals surface area contributed by atoms with Gasteiger partial charge in [-0.2, -0.15) is 0 Å². The van der Waals surface area contributed by atoms with Crippen molar-refractivity contribution in [1.29, 1.82) is 0 Å². The van der Waals surface area contributed by atoms with Crippen LogP contribution in [0.2, 0.25) is 0 Å². The first-order valence-corrected chi connectivity index (χ1v) is 11.3. The summed E-state index contributed by atoms with van der Waals surface area (Å²) in [5, 5.41) is 0. The Kier molecular flexibility index (Phi) is 6.82. The second-order valence-corrected chi connectivity index (χ2v) is 8.58. The molecule has 0 saturated heterocycles. The minimum absolute atomic E-state index is 0.460. The van der Waals surface area contributed by atoms with Crippen LogP contribution in [0, 0.1) is 29.4 Å². The molecule has 1 aliphatic carbocycles. The van der Waals surface area contributed by atoms with Crippen molar-refractivity contribution in [2.45, 2.75) is 51.4 Å². The van der Waals surface area contributed by atoms with Gasteiger partial charge in [-0.15, -0.1) is 0 Å². The van der Waals surface area contributed by atoms with E-state index in [0.29, 0.717) is 11.5 Å². The Balaban J connectivity index is 1.40. The first kappa shape index (κ1) is 21.3. The van der Waals surface area contributed by atoms with Gasteiger partial charge < -0.3 is 0 Å². The Labute approximate surface area is 184 Å². The molecule has 0 spiro atoms. The highest BCUT2D eigenvalue weighted by atomic mass is 19.2. The molecule has 0 unspecified atom stereocenters. The van der Waals surface area contributed by atoms with Crippen molar-refractivity contribution in [3.63, 3.8) is 0 Å². The van der Waals surface area contributed by atoms with Crippen molar-refractivity contribution < 1.29 is 8.78 Å². The average molecular weight is 415 g/mol. The van der Waals surface area contributed by atoms with Crippen LogP contribution in [0.4, 0.5) is 8.78 Å². The summed E-state index contributed by atoms with van der Waals surface area (Å²) in [6, 6.07) is 20.8. The molecule has 0 N–H and O–H groups in total. The summed E-state index contributed by atoms with van der Waals surface area (Å²) in [5.41, 5.74) is 5.11. The highest BCUT2D eigenvalue weighted by Crippen LogP contribution is 2.38. The molecular weight excluding hydrogens is 386 g/mol. The largest absolute Gasteiger partial charge is 0.204 e. The van der Waals surface area contributed by atoms with E-state index >= 15 is 0 Å². The number of benzene rings is 3. The van der Waals surface area contributed by atoms with E-state index < -0.39 is 11.6 Å². The molecule has 0 nitrogen and oxygen atoms in total. The van der Waals surface area contributed by atoms with E-state index in [1.165, 1.54) is 55.7 Å². The Morgan fingerprint density at radius 2 is 1.29 bits per heavy atom. The Morgan fingerprint density at radius 1 is 0.710 bits per heavy atom. The summed E-state index contributed by atoms with van der Waals surface area (Å²) in [7, 11) is 0. The van der Waals surface area contributed by atoms with Gasteiger partial charge in [0.2, 0.25) is 0 Å². The van der Waals surface area contributed by atoms with E-state index in [2.05, 4.69) is 55.2 Å². The summed E-state index contributed by atoms with van der Waals surface area (Å²) in [5.74, 6) is 5.81. The smallest absolute Gasteiger partial charge is 0.160 e. The SMILES string of the molecule is CCCC1CCC(c2ccc(-c3ccc(C#Cc4ccc(F)c(F)c4)cc3)cc2)CC1. The zero-order valence-electron chi connectivity index (χ0n) is 18.0. The lowest BCUT2D eigenvalue weighted by Crippen LogP contribution is -2.13. The third-order valence-electron chi connectivity index (χ3n) is 6.41. The highest BCUT2D eigenvalue weighted by molar-refractivity contribution is 5.65. The molecule has 158 valence electrons. The van der Waals surface area contributed by atoms with E-state index in [1.807, 2.05) is 12.1 Å². The maximum atomic E-state index is 13.3. The molecule has 4 rings (SSSR count). The van der Waals surface area contributed by atoms with Gasteiger partial charge >= 0.3 is 0 Å². The molecule has 0 radical (unpaired) electrons. The lowest BCUT2D eigenvalue weighted by Gasteiger charge is -2.28. The van der Waals surface area contributed by atoms with Crippen LogP contribution in [0.25, 0.3) is 11.1 Å². The second-order valence-electron chi connectivity index (χ2n) is 8.58. The van der Waals surface area contributed by atoms with Crippen molar-refractivity contribution in [2.24, 2.45) is 5.92 Å². The van der Waals surface area contributed by atoms with Gasteiger partial charge in [-0.25, -0.2) is 8.78 Å². The molecule has 31 heavy (non-hydrogen) atoms. The second kappa shape index (κ2) is 9.92. The predicted octanol–water partition coefficient (Wildman–Crippen LogP) is 8.11. The fourth-order valence-electron chi connectivity index (χ4n) is 4.60. The van der Waals surface area contributed by atoms with Crippen molar-refractivity contribution in [3.8, 4) is 23.0 Å². The summed E-state index contributed by atoms with van der Waals surface area (Å²) in [6.45, 7) is 2.29. The average Bonchev–Trinajstić information content (AvgIpc) is 2.81. The number of rotatable bonds is 4. The van der Waals surface area contributed by atoms with Crippen LogP contribution in [-0.4, -0.2) is 0 Å². The van der Waals surface area contributed by atoms with E-state index in [-0.39, 0.29) is 0 Å². The van der Waals surface area contributed by atoms with Gasteiger partial charge in [0, 0.05) is 11.1 Å². The third kappa shape index (κ3) is 5.42. The Bertz CT molecular complexity index is 1060. The van der Waals surface area contributed by atoms with Crippen LogP contribution < -0.4 is 0 Å². The molecule has 1 saturated carbocycles. The summed E-state index contributed by atoms with van der Waals surface area (Å²) >= 11 is 0. The molecule has 0 bridgehead atoms. The first-order valence-electron chi connectivity index (χ1n) is 11.3. The van der Waals surface area contributed by atoms with Crippen LogP contribution in [0.1, 0.15) is 68.1 Å². The monoisotopic (exact) mass is 414 g/mol. The maximum absolute atomic E-state index is 13.3. The van der Waals surface area contributed by atoms with Gasteiger partial charge in [-0.05, 0) is 84.5 Å². The summed E-state index contributed by atoms with van der Waals surface area (Å²) in [4.78, 5) is 0. The van der Waals surface area contributed by atoms with Crippen molar-refractivity contribution in [1.82, 2.24) is 0 Å². The standard InChI is InChI=1S/C29H28F2/c1-2-3-21-6-11-24(12-7-21)26-15-17-27(18-16-26)25-13-8-22(9-14-25)4-5-23-10-19-28(30)29(31)20-23/h8-10,13-21,24H,2-3,6-7,11-12H2,1H3. The number of hydrogen-bond donors (Lipinski definition) is 0. The fraction of sp³-hybridized carbons (Fsp3) is 0.310. The van der Waals surface area contributed by atoms with E-state index in [0.717, 1.165) is 29.2 Å². The Morgan fingerprint density at radius 3 is 1.90 bits per heavy atom. The Hall–Kier alpha value is -2.92. The minimum Gasteiger partial charge on any atom is -0.204 e. The van der Waals surface area contributed by atoms with E-state index in [4.69, 9.17) is 0 Å². The topological polar surface area (TPSA) is 0 Å². The number of halogens is 2.